The van der Waals surface area contributed by atoms with E-state index in [4.69, 9.17) is 17.3 Å². The highest BCUT2D eigenvalue weighted by Crippen LogP contribution is 2.17. The lowest BCUT2D eigenvalue weighted by atomic mass is 10.1. The molecule has 0 bridgehead atoms. The third-order valence-electron chi connectivity index (χ3n) is 2.86. The second-order valence-electron chi connectivity index (χ2n) is 4.86. The molecule has 0 aliphatic rings. The van der Waals surface area contributed by atoms with Crippen molar-refractivity contribution in [1.82, 2.24) is 10.2 Å². The van der Waals surface area contributed by atoms with Crippen molar-refractivity contribution in [2.75, 3.05) is 27.2 Å². The summed E-state index contributed by atoms with van der Waals surface area (Å²) in [5.41, 5.74) is 6.62. The van der Waals surface area contributed by atoms with Crippen molar-refractivity contribution in [1.29, 1.82) is 0 Å². The highest BCUT2D eigenvalue weighted by Gasteiger charge is 2.05. The molecule has 1 aromatic carbocycles. The molecule has 0 aliphatic carbocycles. The summed E-state index contributed by atoms with van der Waals surface area (Å²) in [5, 5.41) is 3.93. The van der Waals surface area contributed by atoms with E-state index in [1.807, 2.05) is 6.07 Å². The number of carbonyl (C=O) groups is 1. The molecule has 0 unspecified atom stereocenters. The maximum absolute atomic E-state index is 11.0. The van der Waals surface area contributed by atoms with Gasteiger partial charge in [-0.2, -0.15) is 0 Å². The Bertz CT molecular complexity index is 421. The molecule has 0 saturated heterocycles. The van der Waals surface area contributed by atoms with E-state index in [1.165, 1.54) is 6.42 Å². The molecule has 3 N–H and O–H groups in total. The van der Waals surface area contributed by atoms with Crippen molar-refractivity contribution in [3.05, 3.63) is 34.3 Å². The zero-order valence-electron chi connectivity index (χ0n) is 11.6. The van der Waals surface area contributed by atoms with Crippen LogP contribution in [-0.2, 0) is 6.54 Å². The number of carbonyl (C=O) groups excluding carboxylic acids is 1. The summed E-state index contributed by atoms with van der Waals surface area (Å²) in [4.78, 5) is 13.2. The third-order valence-corrected chi connectivity index (χ3v) is 3.21. The smallest absolute Gasteiger partial charge is 0.248 e. The van der Waals surface area contributed by atoms with Gasteiger partial charge < -0.3 is 16.0 Å². The van der Waals surface area contributed by atoms with E-state index in [0.29, 0.717) is 17.1 Å². The maximum Gasteiger partial charge on any atom is 0.248 e. The largest absolute Gasteiger partial charge is 0.366 e. The molecule has 0 heterocycles. The number of primary amides is 1. The number of nitrogens with zero attached hydrogens (tertiary/aromatic N) is 1. The van der Waals surface area contributed by atoms with Crippen LogP contribution in [0.2, 0.25) is 5.02 Å². The average molecular weight is 284 g/mol. The van der Waals surface area contributed by atoms with Crippen molar-refractivity contribution >= 4 is 17.5 Å². The number of nitrogens with two attached hydrogens (primary N) is 1. The minimum Gasteiger partial charge on any atom is -0.366 e. The Kier molecular flexibility index (Phi) is 6.84. The number of benzene rings is 1. The molecule has 4 nitrogen and oxygen atoms in total. The molecule has 0 spiro atoms. The van der Waals surface area contributed by atoms with Gasteiger partial charge >= 0.3 is 0 Å². The first-order valence-corrected chi connectivity index (χ1v) is 6.82. The zero-order chi connectivity index (χ0) is 14.3. The van der Waals surface area contributed by atoms with Gasteiger partial charge in [-0.05, 0) is 57.7 Å². The molecule has 19 heavy (non-hydrogen) atoms. The molecule has 1 amide bonds. The highest BCUT2D eigenvalue weighted by atomic mass is 35.5. The van der Waals surface area contributed by atoms with Crippen molar-refractivity contribution in [3.63, 3.8) is 0 Å². The minimum atomic E-state index is -0.454. The predicted octanol–water partition coefficient (Wildman–Crippen LogP) is 1.87. The standard InChI is InChI=1S/C14H22ClN3O/c1-18(2)8-4-3-7-17-10-12-6-5-11(14(16)19)9-13(12)15/h5-6,9,17H,3-4,7-8,10H2,1-2H3,(H2,16,19). The molecule has 1 rings (SSSR count). The molecule has 0 aromatic heterocycles. The molecule has 0 radical (unpaired) electrons. The number of hydrogen-bond acceptors (Lipinski definition) is 3. The molecular formula is C14H22ClN3O. The quantitative estimate of drug-likeness (QED) is 0.716. The number of unbranched alkanes of at least 4 members (excludes halogenated alkanes) is 1. The Labute approximate surface area is 119 Å². The van der Waals surface area contributed by atoms with Crippen LogP contribution in [-0.4, -0.2) is 38.0 Å². The molecule has 0 saturated carbocycles. The Morgan fingerprint density at radius 1 is 1.37 bits per heavy atom. The Balaban J connectivity index is 2.32. The molecule has 1 aromatic rings. The number of halogens is 1. The van der Waals surface area contributed by atoms with E-state index < -0.39 is 5.91 Å². The topological polar surface area (TPSA) is 58.4 Å². The lowest BCUT2D eigenvalue weighted by molar-refractivity contribution is 0.100. The van der Waals surface area contributed by atoms with Gasteiger partial charge in [0, 0.05) is 17.1 Å². The molecule has 0 atom stereocenters. The molecule has 0 aliphatic heterocycles. The average Bonchev–Trinajstić information content (AvgIpc) is 2.34. The number of amides is 1. The first-order valence-electron chi connectivity index (χ1n) is 6.44. The Morgan fingerprint density at radius 3 is 2.68 bits per heavy atom. The van der Waals surface area contributed by atoms with Gasteiger partial charge in [0.25, 0.3) is 0 Å². The van der Waals surface area contributed by atoms with Gasteiger partial charge in [-0.25, -0.2) is 0 Å². The van der Waals surface area contributed by atoms with Gasteiger partial charge in [-0.15, -0.1) is 0 Å². The lowest BCUT2D eigenvalue weighted by Crippen LogP contribution is -2.18. The monoisotopic (exact) mass is 283 g/mol. The summed E-state index contributed by atoms with van der Waals surface area (Å²) in [6, 6.07) is 5.17. The Morgan fingerprint density at radius 2 is 2.11 bits per heavy atom. The fourth-order valence-corrected chi connectivity index (χ4v) is 1.99. The predicted molar refractivity (Wildman–Crippen MR) is 79.5 cm³/mol. The van der Waals surface area contributed by atoms with Crippen LogP contribution >= 0.6 is 11.6 Å². The van der Waals surface area contributed by atoms with Crippen LogP contribution < -0.4 is 11.1 Å². The van der Waals surface area contributed by atoms with Crippen molar-refractivity contribution in [2.24, 2.45) is 5.73 Å². The van der Waals surface area contributed by atoms with Crippen LogP contribution in [0.25, 0.3) is 0 Å². The molecule has 0 fully saturated rings. The lowest BCUT2D eigenvalue weighted by Gasteiger charge is -2.10. The van der Waals surface area contributed by atoms with Gasteiger partial charge in [-0.1, -0.05) is 17.7 Å². The van der Waals surface area contributed by atoms with Gasteiger partial charge in [-0.3, -0.25) is 4.79 Å². The van der Waals surface area contributed by atoms with Gasteiger partial charge in [0.1, 0.15) is 0 Å². The van der Waals surface area contributed by atoms with E-state index in [-0.39, 0.29) is 0 Å². The fraction of sp³-hybridized carbons (Fsp3) is 0.500. The van der Waals surface area contributed by atoms with Gasteiger partial charge in [0.05, 0.1) is 0 Å². The van der Waals surface area contributed by atoms with E-state index in [9.17, 15) is 4.79 Å². The normalized spacial score (nSPS) is 10.9. The van der Waals surface area contributed by atoms with Crippen LogP contribution in [0, 0.1) is 0 Å². The van der Waals surface area contributed by atoms with Crippen molar-refractivity contribution in [2.45, 2.75) is 19.4 Å². The van der Waals surface area contributed by atoms with Crippen molar-refractivity contribution in [3.8, 4) is 0 Å². The maximum atomic E-state index is 11.0. The molecular weight excluding hydrogens is 262 g/mol. The third kappa shape index (κ3) is 6.05. The SMILES string of the molecule is CN(C)CCCCNCc1ccc(C(N)=O)cc1Cl. The summed E-state index contributed by atoms with van der Waals surface area (Å²) in [7, 11) is 4.15. The molecule has 5 heteroatoms. The summed E-state index contributed by atoms with van der Waals surface area (Å²) in [6.45, 7) is 2.78. The van der Waals surface area contributed by atoms with Gasteiger partial charge in [0.15, 0.2) is 0 Å². The fourth-order valence-electron chi connectivity index (χ4n) is 1.75. The second-order valence-corrected chi connectivity index (χ2v) is 5.26. The van der Waals surface area contributed by atoms with E-state index in [2.05, 4.69) is 24.3 Å². The van der Waals surface area contributed by atoms with Gasteiger partial charge in [0.2, 0.25) is 5.91 Å². The van der Waals surface area contributed by atoms with Crippen LogP contribution in [0.1, 0.15) is 28.8 Å². The highest BCUT2D eigenvalue weighted by molar-refractivity contribution is 6.31. The Hall–Kier alpha value is -1.10. The number of rotatable bonds is 8. The van der Waals surface area contributed by atoms with Crippen LogP contribution in [0.4, 0.5) is 0 Å². The first kappa shape index (κ1) is 16.0. The summed E-state index contributed by atoms with van der Waals surface area (Å²) < 4.78 is 0. The summed E-state index contributed by atoms with van der Waals surface area (Å²) in [5.74, 6) is -0.454. The van der Waals surface area contributed by atoms with E-state index in [0.717, 1.165) is 25.1 Å². The molecule has 106 valence electrons. The van der Waals surface area contributed by atoms with E-state index >= 15 is 0 Å². The zero-order valence-corrected chi connectivity index (χ0v) is 12.3. The number of hydrogen-bond donors (Lipinski definition) is 2. The van der Waals surface area contributed by atoms with E-state index in [1.54, 1.807) is 12.1 Å². The van der Waals surface area contributed by atoms with Crippen LogP contribution in [0.3, 0.4) is 0 Å². The number of nitrogens with one attached hydrogen (secondary N) is 1. The summed E-state index contributed by atoms with van der Waals surface area (Å²) >= 11 is 6.10. The van der Waals surface area contributed by atoms with Crippen LogP contribution in [0.15, 0.2) is 18.2 Å². The first-order chi connectivity index (χ1) is 9.00. The van der Waals surface area contributed by atoms with Crippen LogP contribution in [0.5, 0.6) is 0 Å². The van der Waals surface area contributed by atoms with Crippen molar-refractivity contribution < 1.29 is 4.79 Å². The second kappa shape index (κ2) is 8.15. The minimum absolute atomic E-state index is 0.444. The summed E-state index contributed by atoms with van der Waals surface area (Å²) in [6.07, 6.45) is 2.31.